The van der Waals surface area contributed by atoms with Crippen LogP contribution in [0.3, 0.4) is 0 Å². The Balaban J connectivity index is 2.22. The van der Waals surface area contributed by atoms with Gasteiger partial charge in [-0.15, -0.1) is 0 Å². The fourth-order valence-electron chi connectivity index (χ4n) is 0.955. The minimum atomic E-state index is -1.57. The lowest BCUT2D eigenvalue weighted by molar-refractivity contribution is 0.338. The van der Waals surface area contributed by atoms with E-state index in [0.717, 1.165) is 13.0 Å². The van der Waals surface area contributed by atoms with Crippen LogP contribution in [0.1, 0.15) is 6.42 Å². The minimum Gasteiger partial charge on any atom is -0.309 e. The van der Waals surface area contributed by atoms with Crippen molar-refractivity contribution in [2.75, 3.05) is 27.2 Å². The van der Waals surface area contributed by atoms with Crippen LogP contribution in [0.5, 0.6) is 0 Å². The highest BCUT2D eigenvalue weighted by Gasteiger charge is 2.18. The molecule has 0 saturated carbocycles. The average molecular weight is 221 g/mol. The van der Waals surface area contributed by atoms with Gasteiger partial charge in [-0.1, -0.05) is 0 Å². The smallest absolute Gasteiger partial charge is 0.309 e. The summed E-state index contributed by atoms with van der Waals surface area (Å²) in [5, 5.41) is 4.89. The van der Waals surface area contributed by atoms with Gasteiger partial charge >= 0.3 is 11.3 Å². The molecule has 1 heterocycles. The monoisotopic (exact) mass is 221 g/mol. The Morgan fingerprint density at radius 1 is 1.57 bits per heavy atom. The molecule has 0 saturated heterocycles. The van der Waals surface area contributed by atoms with Gasteiger partial charge in [-0.3, -0.25) is 9.29 Å². The summed E-state index contributed by atoms with van der Waals surface area (Å²) in [4.78, 5) is 2.06. The molecule has 8 heteroatoms. The summed E-state index contributed by atoms with van der Waals surface area (Å²) in [5.41, 5.74) is 0. The third kappa shape index (κ3) is 3.48. The van der Waals surface area contributed by atoms with Gasteiger partial charge in [0, 0.05) is 6.54 Å². The van der Waals surface area contributed by atoms with E-state index in [1.54, 1.807) is 0 Å². The van der Waals surface area contributed by atoms with Gasteiger partial charge in [-0.25, -0.2) is 10.6 Å². The maximum atomic E-state index is 10.7. The lowest BCUT2D eigenvalue weighted by atomic mass is 10.4. The molecule has 0 spiro atoms. The number of rotatable bonds is 4. The Hall–Kier alpha value is -0.860. The van der Waals surface area contributed by atoms with Gasteiger partial charge in [0.1, 0.15) is 0 Å². The van der Waals surface area contributed by atoms with Crippen molar-refractivity contribution >= 4 is 17.2 Å². The molecule has 0 radical (unpaired) electrons. The van der Waals surface area contributed by atoms with E-state index in [0.29, 0.717) is 12.5 Å². The van der Waals surface area contributed by atoms with Crippen LogP contribution in [0, 0.1) is 0 Å². The van der Waals surface area contributed by atoms with E-state index in [-0.39, 0.29) is 0 Å². The molecule has 7 nitrogen and oxygen atoms in total. The van der Waals surface area contributed by atoms with Crippen LogP contribution < -0.4 is 10.6 Å². The molecule has 0 aromatic carbocycles. The molecule has 0 aromatic heterocycles. The molecule has 1 rings (SSSR count). The van der Waals surface area contributed by atoms with E-state index in [1.807, 2.05) is 14.1 Å². The number of hydrazine groups is 1. The lowest BCUT2D eigenvalue weighted by Crippen LogP contribution is -2.44. The molecule has 0 aliphatic carbocycles. The molecule has 1 atom stereocenters. The van der Waals surface area contributed by atoms with E-state index >= 15 is 0 Å². The first kappa shape index (κ1) is 11.2. The molecule has 1 aliphatic rings. The zero-order valence-electron chi connectivity index (χ0n) is 8.27. The Labute approximate surface area is 85.6 Å². The van der Waals surface area contributed by atoms with Crippen LogP contribution in [0.15, 0.2) is 5.16 Å². The Morgan fingerprint density at radius 3 is 2.79 bits per heavy atom. The molecule has 82 valence electrons. The van der Waals surface area contributed by atoms with Gasteiger partial charge in [0.2, 0.25) is 0 Å². The molecule has 1 unspecified atom stereocenters. The van der Waals surface area contributed by atoms with Gasteiger partial charge in [0.15, 0.2) is 0 Å². The molecule has 0 bridgehead atoms. The maximum Gasteiger partial charge on any atom is 0.339 e. The topological polar surface area (TPSA) is 83.2 Å². The number of guanidine groups is 1. The number of nitrogens with zero attached hydrogens (tertiary/aromatic N) is 3. The van der Waals surface area contributed by atoms with Gasteiger partial charge < -0.3 is 4.90 Å². The number of hydrogen-bond acceptors (Lipinski definition) is 6. The predicted octanol–water partition coefficient (Wildman–Crippen LogP) is -1.42. The van der Waals surface area contributed by atoms with Gasteiger partial charge in [-0.2, -0.15) is 4.21 Å². The fraction of sp³-hybridized carbons (Fsp3) is 0.833. The first-order valence-electron chi connectivity index (χ1n) is 4.20. The third-order valence-corrected chi connectivity index (χ3v) is 2.20. The molecule has 1 aliphatic heterocycles. The Morgan fingerprint density at radius 2 is 2.29 bits per heavy atom. The fourth-order valence-corrected chi connectivity index (χ4v) is 1.43. The standard InChI is InChI=1S/C6H15N5O2S/c1-10(2)4-3-5-11(7)6-8-13-14(12)9-6/h3-5,7H2,1-2H3,(H,8,9). The summed E-state index contributed by atoms with van der Waals surface area (Å²) in [6.07, 6.45) is 0.900. The van der Waals surface area contributed by atoms with Crippen molar-refractivity contribution in [3.8, 4) is 0 Å². The third-order valence-electron chi connectivity index (χ3n) is 1.64. The van der Waals surface area contributed by atoms with Gasteiger partial charge in [0.05, 0.1) is 0 Å². The number of nitrogens with one attached hydrogen (secondary N) is 1. The van der Waals surface area contributed by atoms with E-state index in [2.05, 4.69) is 19.1 Å². The summed E-state index contributed by atoms with van der Waals surface area (Å²) in [6, 6.07) is 0. The van der Waals surface area contributed by atoms with Crippen LogP contribution in [-0.2, 0) is 15.6 Å². The number of hydrogen-bond donors (Lipinski definition) is 2. The van der Waals surface area contributed by atoms with Gasteiger partial charge in [-0.05, 0) is 32.2 Å². The average Bonchev–Trinajstić information content (AvgIpc) is 2.51. The molecule has 0 aromatic rings. The number of oxime groups is 1. The first-order chi connectivity index (χ1) is 6.59. The van der Waals surface area contributed by atoms with Crippen molar-refractivity contribution in [1.29, 1.82) is 0 Å². The predicted molar refractivity (Wildman–Crippen MR) is 53.9 cm³/mol. The summed E-state index contributed by atoms with van der Waals surface area (Å²) < 4.78 is 17.6. The second-order valence-corrected chi connectivity index (χ2v) is 4.00. The highest BCUT2D eigenvalue weighted by Crippen LogP contribution is 1.97. The summed E-state index contributed by atoms with van der Waals surface area (Å²) in [5.74, 6) is 5.94. The SMILES string of the molecule is CN(C)CCCN(N)C1=NOS(=O)N1. The quantitative estimate of drug-likeness (QED) is 0.450. The van der Waals surface area contributed by atoms with E-state index < -0.39 is 11.3 Å². The van der Waals surface area contributed by atoms with Gasteiger partial charge in [0.25, 0.3) is 5.96 Å². The van der Waals surface area contributed by atoms with E-state index in [9.17, 15) is 4.21 Å². The van der Waals surface area contributed by atoms with E-state index in [1.165, 1.54) is 5.01 Å². The Bertz CT molecular complexity index is 244. The lowest BCUT2D eigenvalue weighted by Gasteiger charge is -2.17. The normalized spacial score (nSPS) is 20.3. The van der Waals surface area contributed by atoms with Crippen LogP contribution in [0.2, 0.25) is 0 Å². The van der Waals surface area contributed by atoms with Crippen LogP contribution in [-0.4, -0.2) is 47.3 Å². The summed E-state index contributed by atoms with van der Waals surface area (Å²) in [6.45, 7) is 1.56. The van der Waals surface area contributed by atoms with E-state index in [4.69, 9.17) is 5.84 Å². The first-order valence-corrected chi connectivity index (χ1v) is 5.28. The van der Waals surface area contributed by atoms with Crippen molar-refractivity contribution in [1.82, 2.24) is 14.6 Å². The summed E-state index contributed by atoms with van der Waals surface area (Å²) in [7, 11) is 3.98. The Kier molecular flexibility index (Phi) is 4.11. The van der Waals surface area contributed by atoms with Crippen molar-refractivity contribution in [3.63, 3.8) is 0 Å². The molecule has 0 fully saturated rings. The molecular formula is C6H15N5O2S. The molecule has 14 heavy (non-hydrogen) atoms. The molecule has 0 amide bonds. The molecule has 3 N–H and O–H groups in total. The zero-order chi connectivity index (χ0) is 10.6. The van der Waals surface area contributed by atoms with Crippen LogP contribution in [0.4, 0.5) is 0 Å². The maximum absolute atomic E-state index is 10.7. The van der Waals surface area contributed by atoms with Crippen molar-refractivity contribution in [2.24, 2.45) is 11.0 Å². The highest BCUT2D eigenvalue weighted by atomic mass is 32.2. The van der Waals surface area contributed by atoms with Crippen molar-refractivity contribution in [3.05, 3.63) is 0 Å². The van der Waals surface area contributed by atoms with Crippen LogP contribution >= 0.6 is 0 Å². The largest absolute Gasteiger partial charge is 0.339 e. The molecular weight excluding hydrogens is 206 g/mol. The van der Waals surface area contributed by atoms with Crippen LogP contribution in [0.25, 0.3) is 0 Å². The van der Waals surface area contributed by atoms with Crippen molar-refractivity contribution < 1.29 is 8.49 Å². The van der Waals surface area contributed by atoms with Crippen molar-refractivity contribution in [2.45, 2.75) is 6.42 Å². The second-order valence-electron chi connectivity index (χ2n) is 3.18. The second kappa shape index (κ2) is 5.13. The minimum absolute atomic E-state index is 0.307. The zero-order valence-corrected chi connectivity index (χ0v) is 9.08. The highest BCUT2D eigenvalue weighted by molar-refractivity contribution is 7.79. The summed E-state index contributed by atoms with van der Waals surface area (Å²) >= 11 is -1.57. The number of nitrogens with two attached hydrogens (primary N) is 1.